The van der Waals surface area contributed by atoms with Crippen LogP contribution in [0.2, 0.25) is 0 Å². The second kappa shape index (κ2) is 3.87. The summed E-state index contributed by atoms with van der Waals surface area (Å²) in [5.41, 5.74) is 5.98. The maximum absolute atomic E-state index is 11.1. The third-order valence-electron chi connectivity index (χ3n) is 2.22. The van der Waals surface area contributed by atoms with Gasteiger partial charge in [0.25, 0.3) is 0 Å². The van der Waals surface area contributed by atoms with Crippen molar-refractivity contribution in [2.75, 3.05) is 7.11 Å². The Bertz CT molecular complexity index is 170. The van der Waals surface area contributed by atoms with Crippen LogP contribution in [0.3, 0.4) is 0 Å². The Morgan fingerprint density at radius 2 is 2.17 bits per heavy atom. The highest BCUT2D eigenvalue weighted by atomic mass is 16.5. The van der Waals surface area contributed by atoms with Crippen molar-refractivity contribution in [1.29, 1.82) is 0 Å². The zero-order valence-corrected chi connectivity index (χ0v) is 7.76. The lowest BCUT2D eigenvalue weighted by atomic mass is 10.00. The van der Waals surface area contributed by atoms with Gasteiger partial charge in [0.1, 0.15) is 6.04 Å². The molecule has 1 rings (SSSR count). The summed E-state index contributed by atoms with van der Waals surface area (Å²) in [6.45, 7) is 4.25. The molecule has 0 aromatic carbocycles. The summed E-state index contributed by atoms with van der Waals surface area (Å²) >= 11 is 0. The highest BCUT2D eigenvalue weighted by Gasteiger charge is 2.31. The number of carbonyl (C=O) groups is 1. The lowest BCUT2D eigenvalue weighted by molar-refractivity contribution is -0.142. The van der Waals surface area contributed by atoms with Crippen LogP contribution in [0, 0.1) is 5.92 Å². The summed E-state index contributed by atoms with van der Waals surface area (Å²) in [6, 6.07) is 0.191. The molecule has 0 aromatic heterocycles. The maximum atomic E-state index is 11.1. The molecule has 4 heteroatoms. The van der Waals surface area contributed by atoms with E-state index in [9.17, 15) is 4.79 Å². The molecule has 2 unspecified atom stereocenters. The van der Waals surface area contributed by atoms with Crippen molar-refractivity contribution in [1.82, 2.24) is 10.9 Å². The SMILES string of the molecule is COC(=O)C1CC(C(C)C)NN1. The molecule has 2 atom stereocenters. The first kappa shape index (κ1) is 9.48. The minimum absolute atomic E-state index is 0.178. The van der Waals surface area contributed by atoms with Gasteiger partial charge in [0.05, 0.1) is 7.11 Å². The fraction of sp³-hybridized carbons (Fsp3) is 0.875. The molecule has 2 N–H and O–H groups in total. The largest absolute Gasteiger partial charge is 0.468 e. The molecular weight excluding hydrogens is 156 g/mol. The van der Waals surface area contributed by atoms with Gasteiger partial charge in [-0.25, -0.2) is 5.43 Å². The first-order valence-electron chi connectivity index (χ1n) is 4.24. The summed E-state index contributed by atoms with van der Waals surface area (Å²) in [5.74, 6) is 0.345. The maximum Gasteiger partial charge on any atom is 0.324 e. The van der Waals surface area contributed by atoms with Crippen LogP contribution in [0.25, 0.3) is 0 Å². The van der Waals surface area contributed by atoms with Crippen molar-refractivity contribution in [3.8, 4) is 0 Å². The average Bonchev–Trinajstić information content (AvgIpc) is 2.51. The van der Waals surface area contributed by atoms with E-state index in [-0.39, 0.29) is 12.0 Å². The van der Waals surface area contributed by atoms with Crippen molar-refractivity contribution < 1.29 is 9.53 Å². The molecule has 0 bridgehead atoms. The molecule has 1 aliphatic heterocycles. The average molecular weight is 172 g/mol. The summed E-state index contributed by atoms with van der Waals surface area (Å²) in [7, 11) is 1.41. The van der Waals surface area contributed by atoms with Crippen LogP contribution in [0.4, 0.5) is 0 Å². The Morgan fingerprint density at radius 1 is 1.50 bits per heavy atom. The van der Waals surface area contributed by atoms with E-state index in [2.05, 4.69) is 29.4 Å². The zero-order valence-electron chi connectivity index (χ0n) is 7.76. The molecule has 1 heterocycles. The number of nitrogens with one attached hydrogen (secondary N) is 2. The van der Waals surface area contributed by atoms with Crippen molar-refractivity contribution in [2.24, 2.45) is 5.92 Å². The second-order valence-electron chi connectivity index (χ2n) is 3.45. The molecule has 4 nitrogen and oxygen atoms in total. The fourth-order valence-electron chi connectivity index (χ4n) is 1.32. The number of methoxy groups -OCH3 is 1. The molecule has 0 saturated carbocycles. The highest BCUT2D eigenvalue weighted by molar-refractivity contribution is 5.75. The van der Waals surface area contributed by atoms with E-state index in [1.807, 2.05) is 0 Å². The zero-order chi connectivity index (χ0) is 9.14. The van der Waals surface area contributed by atoms with E-state index in [0.717, 1.165) is 6.42 Å². The smallest absolute Gasteiger partial charge is 0.324 e. The van der Waals surface area contributed by atoms with Crippen LogP contribution in [0.1, 0.15) is 20.3 Å². The van der Waals surface area contributed by atoms with E-state index in [0.29, 0.717) is 12.0 Å². The number of carbonyl (C=O) groups excluding carboxylic acids is 1. The molecule has 1 fully saturated rings. The minimum Gasteiger partial charge on any atom is -0.468 e. The van der Waals surface area contributed by atoms with Gasteiger partial charge in [0.2, 0.25) is 0 Å². The molecule has 70 valence electrons. The first-order valence-corrected chi connectivity index (χ1v) is 4.24. The highest BCUT2D eigenvalue weighted by Crippen LogP contribution is 2.13. The van der Waals surface area contributed by atoms with Gasteiger partial charge in [-0.05, 0) is 12.3 Å². The van der Waals surface area contributed by atoms with E-state index < -0.39 is 0 Å². The summed E-state index contributed by atoms with van der Waals surface area (Å²) in [4.78, 5) is 11.1. The van der Waals surface area contributed by atoms with Crippen molar-refractivity contribution in [2.45, 2.75) is 32.4 Å². The van der Waals surface area contributed by atoms with Gasteiger partial charge in [-0.2, -0.15) is 0 Å². The third-order valence-corrected chi connectivity index (χ3v) is 2.22. The van der Waals surface area contributed by atoms with Crippen LogP contribution in [0.5, 0.6) is 0 Å². The number of hydrogen-bond acceptors (Lipinski definition) is 4. The van der Waals surface area contributed by atoms with Crippen molar-refractivity contribution in [3.63, 3.8) is 0 Å². The Balaban J connectivity index is 2.40. The molecule has 12 heavy (non-hydrogen) atoms. The standard InChI is InChI=1S/C8H16N2O2/c1-5(2)6-4-7(10-9-6)8(11)12-3/h5-7,9-10H,4H2,1-3H3. The molecule has 1 saturated heterocycles. The van der Waals surface area contributed by atoms with E-state index in [1.165, 1.54) is 7.11 Å². The topological polar surface area (TPSA) is 50.4 Å². The van der Waals surface area contributed by atoms with E-state index in [4.69, 9.17) is 0 Å². The lowest BCUT2D eigenvalue weighted by Crippen LogP contribution is -2.38. The van der Waals surface area contributed by atoms with Gasteiger partial charge >= 0.3 is 5.97 Å². The molecule has 0 aliphatic carbocycles. The summed E-state index contributed by atoms with van der Waals surface area (Å²) in [5, 5.41) is 0. The molecule has 0 radical (unpaired) electrons. The van der Waals surface area contributed by atoms with Gasteiger partial charge < -0.3 is 4.74 Å². The predicted octanol–water partition coefficient (Wildman–Crippen LogP) is 0.0505. The Labute approximate surface area is 72.6 Å². The number of esters is 1. The van der Waals surface area contributed by atoms with Gasteiger partial charge in [0.15, 0.2) is 0 Å². The minimum atomic E-state index is -0.189. The summed E-state index contributed by atoms with van der Waals surface area (Å²) < 4.78 is 4.62. The van der Waals surface area contributed by atoms with Crippen molar-refractivity contribution >= 4 is 5.97 Å². The van der Waals surface area contributed by atoms with Gasteiger partial charge in [-0.15, -0.1) is 0 Å². The molecule has 1 aliphatic rings. The van der Waals surface area contributed by atoms with Crippen molar-refractivity contribution in [3.05, 3.63) is 0 Å². The van der Waals surface area contributed by atoms with Crippen LogP contribution in [-0.4, -0.2) is 25.2 Å². The molecule has 0 amide bonds. The van der Waals surface area contributed by atoms with Gasteiger partial charge in [-0.3, -0.25) is 10.2 Å². The number of rotatable bonds is 2. The Morgan fingerprint density at radius 3 is 2.58 bits per heavy atom. The van der Waals surface area contributed by atoms with Crippen LogP contribution in [0.15, 0.2) is 0 Å². The Kier molecular flexibility index (Phi) is 3.05. The number of ether oxygens (including phenoxy) is 1. The monoisotopic (exact) mass is 172 g/mol. The van der Waals surface area contributed by atoms with Crippen LogP contribution < -0.4 is 10.9 Å². The fourth-order valence-corrected chi connectivity index (χ4v) is 1.32. The Hall–Kier alpha value is -0.610. The van der Waals surface area contributed by atoms with Gasteiger partial charge in [-0.1, -0.05) is 13.8 Å². The quantitative estimate of drug-likeness (QED) is 0.578. The van der Waals surface area contributed by atoms with Crippen LogP contribution >= 0.6 is 0 Å². The predicted molar refractivity (Wildman–Crippen MR) is 45.3 cm³/mol. The second-order valence-corrected chi connectivity index (χ2v) is 3.45. The first-order chi connectivity index (χ1) is 5.65. The van der Waals surface area contributed by atoms with E-state index in [1.54, 1.807) is 0 Å². The lowest BCUT2D eigenvalue weighted by Gasteiger charge is -2.12. The third kappa shape index (κ3) is 1.95. The molecule has 0 spiro atoms. The summed E-state index contributed by atoms with van der Waals surface area (Å²) in [6.07, 6.45) is 0.810. The van der Waals surface area contributed by atoms with Gasteiger partial charge in [0, 0.05) is 6.04 Å². The van der Waals surface area contributed by atoms with Crippen LogP contribution in [-0.2, 0) is 9.53 Å². The molecule has 0 aromatic rings. The molecular formula is C8H16N2O2. The normalized spacial score (nSPS) is 29.3. The number of hydrazine groups is 1. The number of hydrogen-bond donors (Lipinski definition) is 2. The van der Waals surface area contributed by atoms with E-state index >= 15 is 0 Å².